The van der Waals surface area contributed by atoms with E-state index in [2.05, 4.69) is 16.0 Å². The summed E-state index contributed by atoms with van der Waals surface area (Å²) in [5, 5.41) is 21.5. The molecule has 8 nitrogen and oxygen atoms in total. The number of fused-ring (bicyclic) bond motifs is 1. The quantitative estimate of drug-likeness (QED) is 0.528. The second kappa shape index (κ2) is 9.79. The zero-order chi connectivity index (χ0) is 27.3. The van der Waals surface area contributed by atoms with E-state index in [1.54, 1.807) is 6.92 Å². The maximum absolute atomic E-state index is 16.3. The van der Waals surface area contributed by atoms with Crippen molar-refractivity contribution in [3.8, 4) is 6.07 Å². The summed E-state index contributed by atoms with van der Waals surface area (Å²) in [5.74, 6) is -1.06. The van der Waals surface area contributed by atoms with Crippen LogP contribution in [0.5, 0.6) is 0 Å². The number of piperidine rings is 1. The molecule has 0 bridgehead atoms. The lowest BCUT2D eigenvalue weighted by Crippen LogP contribution is -2.54. The standard InChI is InChI=1S/C27H30ClF2N5O3/c1-3-27(37,26(30)6-8-34(2)9-7-26)17-10-19-22(20(29)11-17)24(38-16-25(15-31)4-5-25)35(23(19)36)14-21-32-12-18(28)13-33-21/h10-13,24,37H,3-9,14,16H2,1-2H3. The SMILES string of the molecule is CCC(O)(c1cc(F)c2c(c1)C(=O)N(Cc1ncc(Cl)cn1)C2OCC1(C#N)CC1)C1(F)CCN(C)CC1. The number of ether oxygens (including phenoxy) is 1. The third-order valence-electron chi connectivity index (χ3n) is 8.25. The largest absolute Gasteiger partial charge is 0.382 e. The van der Waals surface area contributed by atoms with E-state index in [0.29, 0.717) is 31.0 Å². The number of halogens is 3. The number of carbonyl (C=O) groups is 1. The Morgan fingerprint density at radius 2 is 1.92 bits per heavy atom. The number of amides is 1. The van der Waals surface area contributed by atoms with Gasteiger partial charge in [0.1, 0.15) is 22.9 Å². The fraction of sp³-hybridized carbons (Fsp3) is 0.556. The van der Waals surface area contributed by atoms with Gasteiger partial charge in [-0.05, 0) is 56.8 Å². The van der Waals surface area contributed by atoms with Crippen LogP contribution in [0.4, 0.5) is 8.78 Å². The third-order valence-corrected chi connectivity index (χ3v) is 8.45. The van der Waals surface area contributed by atoms with Gasteiger partial charge in [0.15, 0.2) is 6.23 Å². The molecular formula is C27H30ClF2N5O3. The molecule has 2 unspecified atom stereocenters. The number of hydrogen-bond acceptors (Lipinski definition) is 7. The minimum Gasteiger partial charge on any atom is -0.382 e. The summed E-state index contributed by atoms with van der Waals surface area (Å²) in [6.07, 6.45) is 3.16. The van der Waals surface area contributed by atoms with Crippen molar-refractivity contribution in [2.75, 3.05) is 26.7 Å². The maximum atomic E-state index is 16.3. The molecule has 1 aromatic heterocycles. The Morgan fingerprint density at radius 1 is 1.26 bits per heavy atom. The van der Waals surface area contributed by atoms with Gasteiger partial charge in [0.25, 0.3) is 5.91 Å². The van der Waals surface area contributed by atoms with Crippen LogP contribution < -0.4 is 0 Å². The molecule has 1 aliphatic carbocycles. The zero-order valence-corrected chi connectivity index (χ0v) is 22.1. The first-order valence-corrected chi connectivity index (χ1v) is 13.2. The molecule has 11 heteroatoms. The summed E-state index contributed by atoms with van der Waals surface area (Å²) >= 11 is 5.89. The van der Waals surface area contributed by atoms with Crippen LogP contribution in [0.3, 0.4) is 0 Å². The first-order chi connectivity index (χ1) is 18.0. The molecule has 1 saturated carbocycles. The van der Waals surface area contributed by atoms with Crippen molar-refractivity contribution in [3.05, 3.63) is 57.9 Å². The van der Waals surface area contributed by atoms with Gasteiger partial charge in [-0.15, -0.1) is 0 Å². The van der Waals surface area contributed by atoms with Gasteiger partial charge in [0.05, 0.1) is 35.2 Å². The van der Waals surface area contributed by atoms with Crippen molar-refractivity contribution < 1.29 is 23.4 Å². The summed E-state index contributed by atoms with van der Waals surface area (Å²) in [6.45, 7) is 2.49. The van der Waals surface area contributed by atoms with Crippen LogP contribution in [-0.4, -0.2) is 63.2 Å². The highest BCUT2D eigenvalue weighted by Gasteiger charge is 2.54. The van der Waals surface area contributed by atoms with Crippen LogP contribution in [0, 0.1) is 22.6 Å². The highest BCUT2D eigenvalue weighted by atomic mass is 35.5. The van der Waals surface area contributed by atoms with E-state index >= 15 is 8.78 Å². The monoisotopic (exact) mass is 545 g/mol. The van der Waals surface area contributed by atoms with Crippen LogP contribution in [0.25, 0.3) is 0 Å². The number of rotatable bonds is 8. The van der Waals surface area contributed by atoms with Gasteiger partial charge in [-0.2, -0.15) is 5.26 Å². The molecule has 5 rings (SSSR count). The van der Waals surface area contributed by atoms with E-state index in [1.807, 2.05) is 11.9 Å². The Balaban J connectivity index is 1.53. The topological polar surface area (TPSA) is 103 Å². The second-order valence-corrected chi connectivity index (χ2v) is 11.1. The lowest BCUT2D eigenvalue weighted by Gasteiger charge is -2.45. The van der Waals surface area contributed by atoms with Crippen LogP contribution in [0.2, 0.25) is 5.02 Å². The number of aromatic nitrogens is 2. The Morgan fingerprint density at radius 3 is 2.50 bits per heavy atom. The summed E-state index contributed by atoms with van der Waals surface area (Å²) in [5.41, 5.74) is -4.60. The van der Waals surface area contributed by atoms with Crippen molar-refractivity contribution in [2.24, 2.45) is 5.41 Å². The predicted molar refractivity (Wildman–Crippen MR) is 134 cm³/mol. The number of likely N-dealkylation sites (tertiary alicyclic amines) is 1. The second-order valence-electron chi connectivity index (χ2n) is 10.7. The molecule has 1 aromatic carbocycles. The average molecular weight is 546 g/mol. The molecule has 2 atom stereocenters. The van der Waals surface area contributed by atoms with E-state index in [-0.39, 0.29) is 54.9 Å². The molecular weight excluding hydrogens is 516 g/mol. The van der Waals surface area contributed by atoms with E-state index in [0.717, 1.165) is 6.07 Å². The first-order valence-electron chi connectivity index (χ1n) is 12.8. The Hall–Kier alpha value is -2.71. The van der Waals surface area contributed by atoms with Gasteiger partial charge in [-0.1, -0.05) is 18.5 Å². The number of hydrogen-bond donors (Lipinski definition) is 1. The van der Waals surface area contributed by atoms with E-state index in [4.69, 9.17) is 16.3 Å². The number of nitrogens with zero attached hydrogens (tertiary/aromatic N) is 5. The fourth-order valence-electron chi connectivity index (χ4n) is 5.45. The highest BCUT2D eigenvalue weighted by Crippen LogP contribution is 2.49. The molecule has 0 spiro atoms. The van der Waals surface area contributed by atoms with Crippen molar-refractivity contribution in [1.82, 2.24) is 19.8 Å². The van der Waals surface area contributed by atoms with Crippen molar-refractivity contribution >= 4 is 17.5 Å². The number of alkyl halides is 1. The van der Waals surface area contributed by atoms with Gasteiger partial charge in [-0.3, -0.25) is 4.79 Å². The minimum absolute atomic E-state index is 0.00353. The summed E-state index contributed by atoms with van der Waals surface area (Å²) < 4.78 is 38.1. The molecule has 3 heterocycles. The number of benzene rings is 1. The van der Waals surface area contributed by atoms with E-state index < -0.39 is 34.6 Å². The smallest absolute Gasteiger partial charge is 0.257 e. The van der Waals surface area contributed by atoms with Crippen LogP contribution in [0.1, 0.15) is 72.6 Å². The molecule has 0 radical (unpaired) electrons. The molecule has 38 heavy (non-hydrogen) atoms. The lowest BCUT2D eigenvalue weighted by atomic mass is 9.71. The van der Waals surface area contributed by atoms with Crippen LogP contribution >= 0.6 is 11.6 Å². The molecule has 202 valence electrons. The number of aliphatic hydroxyl groups is 1. The normalized spacial score (nSPS) is 23.6. The summed E-state index contributed by atoms with van der Waals surface area (Å²) in [4.78, 5) is 25.2. The van der Waals surface area contributed by atoms with E-state index in [9.17, 15) is 15.2 Å². The van der Waals surface area contributed by atoms with Crippen molar-refractivity contribution in [3.63, 3.8) is 0 Å². The molecule has 3 aliphatic rings. The van der Waals surface area contributed by atoms with Gasteiger partial charge in [0.2, 0.25) is 0 Å². The van der Waals surface area contributed by atoms with Crippen molar-refractivity contribution in [2.45, 2.75) is 63.1 Å². The maximum Gasteiger partial charge on any atom is 0.257 e. The Labute approximate surface area is 225 Å². The number of carbonyl (C=O) groups excluding carboxylic acids is 1. The fourth-order valence-corrected chi connectivity index (χ4v) is 5.54. The molecule has 2 aromatic rings. The van der Waals surface area contributed by atoms with Crippen LogP contribution in [-0.2, 0) is 16.9 Å². The van der Waals surface area contributed by atoms with Gasteiger partial charge in [0, 0.05) is 31.0 Å². The highest BCUT2D eigenvalue weighted by molar-refractivity contribution is 6.30. The van der Waals surface area contributed by atoms with Gasteiger partial charge >= 0.3 is 0 Å². The first kappa shape index (κ1) is 26.9. The lowest BCUT2D eigenvalue weighted by molar-refractivity contribution is -0.136. The molecule has 1 N–H and O–H groups in total. The van der Waals surface area contributed by atoms with Gasteiger partial charge < -0.3 is 19.6 Å². The molecule has 2 aliphatic heterocycles. The van der Waals surface area contributed by atoms with Crippen LogP contribution in [0.15, 0.2) is 24.5 Å². The zero-order valence-electron chi connectivity index (χ0n) is 21.4. The number of nitriles is 1. The van der Waals surface area contributed by atoms with Gasteiger partial charge in [-0.25, -0.2) is 18.7 Å². The molecule has 1 amide bonds. The minimum atomic E-state index is -1.98. The predicted octanol–water partition coefficient (Wildman–Crippen LogP) is 4.28. The average Bonchev–Trinajstić information content (AvgIpc) is 3.65. The third kappa shape index (κ3) is 4.56. The Bertz CT molecular complexity index is 1270. The summed E-state index contributed by atoms with van der Waals surface area (Å²) in [6, 6.07) is 4.74. The molecule has 1 saturated heterocycles. The summed E-state index contributed by atoms with van der Waals surface area (Å²) in [7, 11) is 1.88. The van der Waals surface area contributed by atoms with Crippen molar-refractivity contribution in [1.29, 1.82) is 5.26 Å². The molecule has 2 fully saturated rings. The van der Waals surface area contributed by atoms with E-state index in [1.165, 1.54) is 23.4 Å². The Kier molecular flexibility index (Phi) is 6.93.